The monoisotopic (exact) mass is 594 g/mol. The molecule has 0 saturated heterocycles. The lowest BCUT2D eigenvalue weighted by Gasteiger charge is -2.31. The molecule has 0 aliphatic carbocycles. The lowest BCUT2D eigenvalue weighted by Crippen LogP contribution is -2.23. The first-order valence-corrected chi connectivity index (χ1v) is 17.7. The standard InChI is InChI=1S/C39H62O4/c1-3-4-5-6-7-8-9-10-11-12-13-14-15-16-19-22-33-43-38(42)23-20-17-18-21-32-39(2,34-24-28-36(40)29-25-34)35-26-30-37(41)31-27-35/h24-31,40-41H,3-23,32-33H2,1-2H3. The zero-order valence-electron chi connectivity index (χ0n) is 27.6. The summed E-state index contributed by atoms with van der Waals surface area (Å²) in [5.74, 6) is 0.469. The average molecular weight is 595 g/mol. The van der Waals surface area contributed by atoms with E-state index >= 15 is 0 Å². The van der Waals surface area contributed by atoms with Crippen molar-refractivity contribution < 1.29 is 19.7 Å². The second kappa shape index (κ2) is 23.0. The van der Waals surface area contributed by atoms with Crippen LogP contribution in [0.5, 0.6) is 11.5 Å². The van der Waals surface area contributed by atoms with Gasteiger partial charge in [-0.15, -0.1) is 0 Å². The largest absolute Gasteiger partial charge is 0.508 e. The number of carbonyl (C=O) groups is 1. The van der Waals surface area contributed by atoms with E-state index in [0.29, 0.717) is 13.0 Å². The van der Waals surface area contributed by atoms with E-state index in [9.17, 15) is 15.0 Å². The fraction of sp³-hybridized carbons (Fsp3) is 0.667. The third-order valence-electron chi connectivity index (χ3n) is 9.08. The maximum Gasteiger partial charge on any atom is 0.305 e. The lowest BCUT2D eigenvalue weighted by molar-refractivity contribution is -0.143. The fourth-order valence-corrected chi connectivity index (χ4v) is 6.12. The van der Waals surface area contributed by atoms with Crippen LogP contribution in [0.4, 0.5) is 0 Å². The highest BCUT2D eigenvalue weighted by Gasteiger charge is 2.28. The van der Waals surface area contributed by atoms with Crippen molar-refractivity contribution in [3.05, 3.63) is 59.7 Å². The Morgan fingerprint density at radius 3 is 1.37 bits per heavy atom. The Morgan fingerprint density at radius 1 is 0.558 bits per heavy atom. The van der Waals surface area contributed by atoms with Gasteiger partial charge >= 0.3 is 5.97 Å². The Balaban J connectivity index is 1.45. The molecule has 0 aliphatic heterocycles. The van der Waals surface area contributed by atoms with Crippen LogP contribution < -0.4 is 0 Å². The van der Waals surface area contributed by atoms with Gasteiger partial charge in [0.2, 0.25) is 0 Å². The first-order valence-electron chi connectivity index (χ1n) is 17.7. The summed E-state index contributed by atoms with van der Waals surface area (Å²) in [6, 6.07) is 14.9. The van der Waals surface area contributed by atoms with Crippen LogP contribution in [0, 0.1) is 0 Å². The second-order valence-electron chi connectivity index (χ2n) is 12.9. The van der Waals surface area contributed by atoms with Gasteiger partial charge in [-0.25, -0.2) is 0 Å². The number of rotatable bonds is 26. The zero-order valence-corrected chi connectivity index (χ0v) is 27.6. The van der Waals surface area contributed by atoms with E-state index in [1.807, 2.05) is 24.3 Å². The number of ether oxygens (including phenoxy) is 1. The van der Waals surface area contributed by atoms with Gasteiger partial charge in [0.15, 0.2) is 0 Å². The predicted molar refractivity (Wildman–Crippen MR) is 181 cm³/mol. The predicted octanol–water partition coefficient (Wildman–Crippen LogP) is 11.5. The minimum atomic E-state index is -0.215. The number of aromatic hydroxyl groups is 2. The van der Waals surface area contributed by atoms with Crippen LogP contribution >= 0.6 is 0 Å². The van der Waals surface area contributed by atoms with E-state index in [1.54, 1.807) is 24.3 Å². The molecule has 242 valence electrons. The van der Waals surface area contributed by atoms with Gasteiger partial charge in [0.1, 0.15) is 11.5 Å². The molecule has 0 heterocycles. The number of unbranched alkanes of at least 4 members (excludes halogenated alkanes) is 18. The summed E-state index contributed by atoms with van der Waals surface area (Å²) in [5.41, 5.74) is 2.08. The van der Waals surface area contributed by atoms with Gasteiger partial charge in [-0.3, -0.25) is 4.79 Å². The molecule has 0 aromatic heterocycles. The normalized spacial score (nSPS) is 11.6. The summed E-state index contributed by atoms with van der Waals surface area (Å²) in [5, 5.41) is 19.5. The van der Waals surface area contributed by atoms with Crippen molar-refractivity contribution in [2.75, 3.05) is 6.61 Å². The minimum absolute atomic E-state index is 0.0565. The molecule has 0 aliphatic rings. The van der Waals surface area contributed by atoms with E-state index in [2.05, 4.69) is 13.8 Å². The molecule has 0 radical (unpaired) electrons. The van der Waals surface area contributed by atoms with Gasteiger partial charge < -0.3 is 14.9 Å². The molecule has 0 spiro atoms. The molecular formula is C39H62O4. The van der Waals surface area contributed by atoms with Crippen LogP contribution in [0.25, 0.3) is 0 Å². The Bertz CT molecular complexity index is 905. The number of carbonyl (C=O) groups excluding carboxylic acids is 1. The summed E-state index contributed by atoms with van der Waals surface area (Å²) in [7, 11) is 0. The van der Waals surface area contributed by atoms with E-state index in [-0.39, 0.29) is 22.9 Å². The molecule has 0 saturated carbocycles. The Kier molecular flexibility index (Phi) is 19.6. The molecule has 0 amide bonds. The van der Waals surface area contributed by atoms with Crippen molar-refractivity contribution in [3.8, 4) is 11.5 Å². The summed E-state index contributed by atoms with van der Waals surface area (Å²) in [6.07, 6.45) is 27.0. The molecule has 2 N–H and O–H groups in total. The minimum Gasteiger partial charge on any atom is -0.508 e. The third-order valence-corrected chi connectivity index (χ3v) is 9.08. The smallest absolute Gasteiger partial charge is 0.305 e. The van der Waals surface area contributed by atoms with E-state index in [4.69, 9.17) is 4.74 Å². The Hall–Kier alpha value is -2.49. The van der Waals surface area contributed by atoms with Crippen LogP contribution in [0.15, 0.2) is 48.5 Å². The van der Waals surface area contributed by atoms with Gasteiger partial charge in [0, 0.05) is 11.8 Å². The Morgan fingerprint density at radius 2 is 0.930 bits per heavy atom. The summed E-state index contributed by atoms with van der Waals surface area (Å²) < 4.78 is 5.48. The first-order chi connectivity index (χ1) is 21.0. The van der Waals surface area contributed by atoms with Crippen molar-refractivity contribution in [2.45, 2.75) is 161 Å². The highest BCUT2D eigenvalue weighted by atomic mass is 16.5. The van der Waals surface area contributed by atoms with Gasteiger partial charge in [0.05, 0.1) is 6.61 Å². The topological polar surface area (TPSA) is 66.8 Å². The SMILES string of the molecule is CCCCCCCCCCCCCCCCCCOC(=O)CCCCCCC(C)(c1ccc(O)cc1)c1ccc(O)cc1. The van der Waals surface area contributed by atoms with Gasteiger partial charge in [-0.2, -0.15) is 0 Å². The maximum absolute atomic E-state index is 12.2. The third kappa shape index (κ3) is 16.2. The van der Waals surface area contributed by atoms with Crippen LogP contribution in [0.1, 0.15) is 166 Å². The molecule has 0 fully saturated rings. The van der Waals surface area contributed by atoms with Gasteiger partial charge in [0.25, 0.3) is 0 Å². The summed E-state index contributed by atoms with van der Waals surface area (Å²) >= 11 is 0. The van der Waals surface area contributed by atoms with Crippen molar-refractivity contribution in [3.63, 3.8) is 0 Å². The quantitative estimate of drug-likeness (QED) is 0.0839. The average Bonchev–Trinajstić information content (AvgIpc) is 3.01. The molecule has 4 nitrogen and oxygen atoms in total. The van der Waals surface area contributed by atoms with E-state index < -0.39 is 0 Å². The molecule has 4 heteroatoms. The van der Waals surface area contributed by atoms with Crippen LogP contribution in [0.3, 0.4) is 0 Å². The number of esters is 1. The van der Waals surface area contributed by atoms with Gasteiger partial charge in [-0.05, 0) is 54.7 Å². The fourth-order valence-electron chi connectivity index (χ4n) is 6.12. The molecule has 2 rings (SSSR count). The zero-order chi connectivity index (χ0) is 31.0. The highest BCUT2D eigenvalue weighted by Crippen LogP contribution is 2.38. The van der Waals surface area contributed by atoms with Crippen LogP contribution in [-0.2, 0) is 14.9 Å². The maximum atomic E-state index is 12.2. The van der Waals surface area contributed by atoms with Crippen molar-refractivity contribution in [1.82, 2.24) is 0 Å². The molecule has 43 heavy (non-hydrogen) atoms. The number of phenols is 2. The number of hydrogen-bond acceptors (Lipinski definition) is 4. The highest BCUT2D eigenvalue weighted by molar-refractivity contribution is 5.69. The molecule has 0 atom stereocenters. The summed E-state index contributed by atoms with van der Waals surface area (Å²) in [4.78, 5) is 12.2. The molecule has 0 unspecified atom stereocenters. The van der Waals surface area contributed by atoms with E-state index in [0.717, 1.165) is 56.1 Å². The summed E-state index contributed by atoms with van der Waals surface area (Å²) in [6.45, 7) is 5.07. The first kappa shape index (κ1) is 36.7. The number of benzene rings is 2. The lowest BCUT2D eigenvalue weighted by atomic mass is 9.72. The number of hydrogen-bond donors (Lipinski definition) is 2. The molecular weight excluding hydrogens is 532 g/mol. The van der Waals surface area contributed by atoms with Crippen LogP contribution in [0.2, 0.25) is 0 Å². The van der Waals surface area contributed by atoms with Gasteiger partial charge in [-0.1, -0.05) is 154 Å². The molecule has 2 aromatic carbocycles. The Labute approximate surface area is 263 Å². The second-order valence-corrected chi connectivity index (χ2v) is 12.9. The number of phenolic OH excluding ortho intramolecular Hbond substituents is 2. The molecule has 2 aromatic rings. The van der Waals surface area contributed by atoms with Crippen molar-refractivity contribution >= 4 is 5.97 Å². The van der Waals surface area contributed by atoms with Crippen LogP contribution in [-0.4, -0.2) is 22.8 Å². The van der Waals surface area contributed by atoms with Crippen molar-refractivity contribution in [1.29, 1.82) is 0 Å². The van der Waals surface area contributed by atoms with Crippen molar-refractivity contribution in [2.24, 2.45) is 0 Å². The van der Waals surface area contributed by atoms with E-state index in [1.165, 1.54) is 89.9 Å². The molecule has 0 bridgehead atoms.